The van der Waals surface area contributed by atoms with E-state index in [0.29, 0.717) is 5.69 Å². The van der Waals surface area contributed by atoms with Crippen molar-refractivity contribution in [3.63, 3.8) is 0 Å². The van der Waals surface area contributed by atoms with Crippen molar-refractivity contribution in [2.45, 2.75) is 13.8 Å². The van der Waals surface area contributed by atoms with E-state index >= 15 is 0 Å². The molecule has 27 heavy (non-hydrogen) atoms. The number of phenols is 2. The van der Waals surface area contributed by atoms with Gasteiger partial charge in [0.25, 0.3) is 0 Å². The van der Waals surface area contributed by atoms with Crippen molar-refractivity contribution in [2.75, 3.05) is 5.32 Å². The number of anilines is 2. The largest absolute Gasteiger partial charge is 0.507 e. The molecule has 0 heterocycles. The van der Waals surface area contributed by atoms with Gasteiger partial charge in [-0.05, 0) is 55.3 Å². The standard InChI is InChI=1S/C22H17NO4/c1-11-4-3-5-12(2)20(11)23-13-6-7-14-15(10-13)22(27)19-17(25)9-8-16(24)18(19)21(14)26/h3-10,23-25H,1-2H3. The Morgan fingerprint density at radius 1 is 0.741 bits per heavy atom. The Balaban J connectivity index is 1.82. The molecule has 0 fully saturated rings. The first-order valence-corrected chi connectivity index (χ1v) is 8.50. The number of para-hydroxylation sites is 1. The maximum atomic E-state index is 12.9. The quantitative estimate of drug-likeness (QED) is 0.466. The van der Waals surface area contributed by atoms with Crippen molar-refractivity contribution in [3.8, 4) is 11.5 Å². The molecule has 0 aromatic heterocycles. The number of hydrogen-bond acceptors (Lipinski definition) is 5. The Morgan fingerprint density at radius 2 is 1.30 bits per heavy atom. The van der Waals surface area contributed by atoms with Crippen LogP contribution in [-0.2, 0) is 0 Å². The van der Waals surface area contributed by atoms with E-state index in [1.807, 2.05) is 32.0 Å². The second-order valence-corrected chi connectivity index (χ2v) is 6.66. The number of ketones is 2. The number of hydrogen-bond donors (Lipinski definition) is 3. The molecule has 1 aliphatic rings. The van der Waals surface area contributed by atoms with Gasteiger partial charge in [0.05, 0.1) is 11.1 Å². The average Bonchev–Trinajstić information content (AvgIpc) is 2.64. The molecule has 3 N–H and O–H groups in total. The van der Waals surface area contributed by atoms with E-state index in [1.54, 1.807) is 18.2 Å². The van der Waals surface area contributed by atoms with E-state index in [4.69, 9.17) is 0 Å². The summed E-state index contributed by atoms with van der Waals surface area (Å²) < 4.78 is 0. The highest BCUT2D eigenvalue weighted by molar-refractivity contribution is 6.30. The summed E-state index contributed by atoms with van der Waals surface area (Å²) in [5, 5.41) is 23.4. The highest BCUT2D eigenvalue weighted by atomic mass is 16.3. The molecule has 4 rings (SSSR count). The van der Waals surface area contributed by atoms with E-state index < -0.39 is 11.6 Å². The second kappa shape index (κ2) is 5.99. The first-order chi connectivity index (χ1) is 12.9. The monoisotopic (exact) mass is 359 g/mol. The van der Waals surface area contributed by atoms with Crippen LogP contribution in [0.4, 0.5) is 11.4 Å². The van der Waals surface area contributed by atoms with Gasteiger partial charge in [-0.3, -0.25) is 9.59 Å². The van der Waals surface area contributed by atoms with E-state index in [9.17, 15) is 19.8 Å². The zero-order chi connectivity index (χ0) is 19.3. The molecule has 5 heteroatoms. The summed E-state index contributed by atoms with van der Waals surface area (Å²) >= 11 is 0. The van der Waals surface area contributed by atoms with Gasteiger partial charge in [0.15, 0.2) is 11.6 Å². The topological polar surface area (TPSA) is 86.6 Å². The number of carbonyl (C=O) groups is 2. The Kier molecular flexibility index (Phi) is 3.73. The van der Waals surface area contributed by atoms with Crippen molar-refractivity contribution in [3.05, 3.63) is 81.9 Å². The molecule has 134 valence electrons. The molecule has 3 aromatic rings. The lowest BCUT2D eigenvalue weighted by Crippen LogP contribution is -2.21. The molecule has 3 aromatic carbocycles. The number of benzene rings is 3. The fourth-order valence-electron chi connectivity index (χ4n) is 3.47. The van der Waals surface area contributed by atoms with Crippen LogP contribution in [0.5, 0.6) is 11.5 Å². The summed E-state index contributed by atoms with van der Waals surface area (Å²) in [6.45, 7) is 3.97. The number of fused-ring (bicyclic) bond motifs is 2. The first kappa shape index (κ1) is 16.8. The third-order valence-corrected chi connectivity index (χ3v) is 4.87. The van der Waals surface area contributed by atoms with Gasteiger partial charge >= 0.3 is 0 Å². The summed E-state index contributed by atoms with van der Waals surface area (Å²) in [4.78, 5) is 25.7. The average molecular weight is 359 g/mol. The molecule has 0 unspecified atom stereocenters. The molecule has 5 nitrogen and oxygen atoms in total. The Bertz CT molecular complexity index is 1110. The van der Waals surface area contributed by atoms with Gasteiger partial charge in [-0.15, -0.1) is 0 Å². The van der Waals surface area contributed by atoms with Crippen LogP contribution in [0.1, 0.15) is 43.0 Å². The lowest BCUT2D eigenvalue weighted by atomic mass is 9.83. The van der Waals surface area contributed by atoms with E-state index in [1.165, 1.54) is 12.1 Å². The molecule has 0 saturated heterocycles. The molecule has 0 bridgehead atoms. The van der Waals surface area contributed by atoms with Crippen LogP contribution < -0.4 is 5.32 Å². The van der Waals surface area contributed by atoms with Crippen LogP contribution in [0.25, 0.3) is 0 Å². The number of nitrogens with one attached hydrogen (secondary N) is 1. The van der Waals surface area contributed by atoms with Gasteiger partial charge in [-0.25, -0.2) is 0 Å². The van der Waals surface area contributed by atoms with E-state index in [0.717, 1.165) is 16.8 Å². The lowest BCUT2D eigenvalue weighted by molar-refractivity contribution is 0.0974. The normalized spacial score (nSPS) is 12.5. The maximum Gasteiger partial charge on any atom is 0.198 e. The molecule has 1 aliphatic carbocycles. The molecule has 0 saturated carbocycles. The summed E-state index contributed by atoms with van der Waals surface area (Å²) in [5.74, 6) is -1.60. The van der Waals surface area contributed by atoms with Crippen molar-refractivity contribution in [2.24, 2.45) is 0 Å². The molecule has 0 amide bonds. The van der Waals surface area contributed by atoms with E-state index in [2.05, 4.69) is 5.32 Å². The molecular formula is C22H17NO4. The van der Waals surface area contributed by atoms with E-state index in [-0.39, 0.29) is 33.8 Å². The summed E-state index contributed by atoms with van der Waals surface area (Å²) in [6, 6.07) is 13.3. The minimum Gasteiger partial charge on any atom is -0.507 e. The predicted molar refractivity (Wildman–Crippen MR) is 102 cm³/mol. The van der Waals surface area contributed by atoms with Gasteiger partial charge in [-0.2, -0.15) is 0 Å². The number of carbonyl (C=O) groups excluding carboxylic acids is 2. The van der Waals surface area contributed by atoms with Crippen molar-refractivity contribution in [1.29, 1.82) is 0 Å². The van der Waals surface area contributed by atoms with Crippen LogP contribution in [0.15, 0.2) is 48.5 Å². The molecule has 0 radical (unpaired) electrons. The highest BCUT2D eigenvalue weighted by Gasteiger charge is 2.34. The predicted octanol–water partition coefficient (Wildman–Crippen LogP) is 4.23. The summed E-state index contributed by atoms with van der Waals surface area (Å²) in [7, 11) is 0. The SMILES string of the molecule is Cc1cccc(C)c1Nc1ccc2c(c1)C(=O)c1c(O)ccc(O)c1C2=O. The smallest absolute Gasteiger partial charge is 0.198 e. The summed E-state index contributed by atoms with van der Waals surface area (Å²) in [5.41, 5.74) is 3.82. The van der Waals surface area contributed by atoms with Gasteiger partial charge in [0.2, 0.25) is 0 Å². The third kappa shape index (κ3) is 2.56. The fourth-order valence-corrected chi connectivity index (χ4v) is 3.47. The number of aromatic hydroxyl groups is 2. The minimum absolute atomic E-state index is 0.150. The first-order valence-electron chi connectivity index (χ1n) is 8.50. The maximum absolute atomic E-state index is 12.9. The second-order valence-electron chi connectivity index (χ2n) is 6.66. The third-order valence-electron chi connectivity index (χ3n) is 4.87. The molecule has 0 spiro atoms. The van der Waals surface area contributed by atoms with Gasteiger partial charge in [-0.1, -0.05) is 18.2 Å². The Labute approximate surface area is 155 Å². The van der Waals surface area contributed by atoms with Gasteiger partial charge in [0, 0.05) is 22.5 Å². The van der Waals surface area contributed by atoms with Crippen LogP contribution in [-0.4, -0.2) is 21.8 Å². The van der Waals surface area contributed by atoms with Crippen molar-refractivity contribution >= 4 is 22.9 Å². The highest BCUT2D eigenvalue weighted by Crippen LogP contribution is 2.38. The van der Waals surface area contributed by atoms with Crippen molar-refractivity contribution in [1.82, 2.24) is 0 Å². The minimum atomic E-state index is -0.488. The van der Waals surface area contributed by atoms with Crippen LogP contribution in [0.3, 0.4) is 0 Å². The molecular weight excluding hydrogens is 342 g/mol. The zero-order valence-corrected chi connectivity index (χ0v) is 14.8. The van der Waals surface area contributed by atoms with Crippen LogP contribution in [0, 0.1) is 13.8 Å². The van der Waals surface area contributed by atoms with Crippen LogP contribution in [0.2, 0.25) is 0 Å². The number of rotatable bonds is 2. The number of phenolic OH excluding ortho intramolecular Hbond substituents is 2. The zero-order valence-electron chi connectivity index (χ0n) is 14.8. The Hall–Kier alpha value is -3.60. The van der Waals surface area contributed by atoms with Crippen LogP contribution >= 0.6 is 0 Å². The van der Waals surface area contributed by atoms with Crippen molar-refractivity contribution < 1.29 is 19.8 Å². The van der Waals surface area contributed by atoms with Gasteiger partial charge < -0.3 is 15.5 Å². The molecule has 0 aliphatic heterocycles. The fraction of sp³-hybridized carbons (Fsp3) is 0.0909. The lowest BCUT2D eigenvalue weighted by Gasteiger charge is -2.20. The molecule has 0 atom stereocenters. The summed E-state index contributed by atoms with van der Waals surface area (Å²) in [6.07, 6.45) is 0. The Morgan fingerprint density at radius 3 is 1.89 bits per heavy atom. The number of aryl methyl sites for hydroxylation is 2. The van der Waals surface area contributed by atoms with Gasteiger partial charge in [0.1, 0.15) is 11.5 Å².